The minimum Gasteiger partial charge on any atom is -0.375 e. The highest BCUT2D eigenvalue weighted by Crippen LogP contribution is 2.25. The van der Waals surface area contributed by atoms with Crippen molar-refractivity contribution in [1.29, 1.82) is 0 Å². The summed E-state index contributed by atoms with van der Waals surface area (Å²) < 4.78 is 0. The van der Waals surface area contributed by atoms with Crippen molar-refractivity contribution in [1.82, 2.24) is 9.97 Å². The Morgan fingerprint density at radius 1 is 1.56 bits per heavy atom. The van der Waals surface area contributed by atoms with E-state index in [-0.39, 0.29) is 5.56 Å². The van der Waals surface area contributed by atoms with Gasteiger partial charge in [-0.3, -0.25) is 9.59 Å². The van der Waals surface area contributed by atoms with Crippen molar-refractivity contribution < 1.29 is 4.79 Å². The normalized spacial score (nSPS) is 10.5. The molecular formula is C11H12N4O2S. The number of nitrogens with one attached hydrogen (secondary N) is 1. The van der Waals surface area contributed by atoms with E-state index in [1.807, 2.05) is 6.92 Å². The second kappa shape index (κ2) is 4.61. The summed E-state index contributed by atoms with van der Waals surface area (Å²) in [5, 5.41) is 2.20. The first-order chi connectivity index (χ1) is 8.52. The smallest absolute Gasteiger partial charge is 0.261 e. The molecule has 94 valence electrons. The maximum absolute atomic E-state index is 11.6. The van der Waals surface area contributed by atoms with Gasteiger partial charge in [0, 0.05) is 16.6 Å². The molecule has 0 atom stereocenters. The number of H-pyrrole nitrogens is 1. The van der Waals surface area contributed by atoms with Crippen LogP contribution in [-0.4, -0.2) is 15.9 Å². The maximum Gasteiger partial charge on any atom is 0.261 e. The molecule has 0 aliphatic rings. The van der Waals surface area contributed by atoms with Crippen LogP contribution in [0.5, 0.6) is 0 Å². The number of carbonyl (C=O) groups excluding carboxylic acids is 1. The summed E-state index contributed by atoms with van der Waals surface area (Å²) in [6.45, 7) is 1.90. The van der Waals surface area contributed by atoms with E-state index < -0.39 is 11.5 Å². The number of anilines is 1. The summed E-state index contributed by atoms with van der Waals surface area (Å²) in [6, 6.07) is 1.47. The average molecular weight is 264 g/mol. The Hall–Kier alpha value is -2.15. The third kappa shape index (κ3) is 2.12. The lowest BCUT2D eigenvalue weighted by Gasteiger charge is -2.06. The number of rotatable bonds is 3. The molecule has 0 radical (unpaired) electrons. The Labute approximate surface area is 107 Å². The summed E-state index contributed by atoms with van der Waals surface area (Å²) in [5.41, 5.74) is 12.2. The Bertz CT molecular complexity index is 659. The number of nitrogens with zero attached hydrogens (tertiary/aromatic N) is 1. The van der Waals surface area contributed by atoms with Gasteiger partial charge >= 0.3 is 0 Å². The fraction of sp³-hybridized carbons (Fsp3) is 0.182. The third-order valence-electron chi connectivity index (χ3n) is 2.54. The van der Waals surface area contributed by atoms with Gasteiger partial charge < -0.3 is 16.5 Å². The van der Waals surface area contributed by atoms with Crippen LogP contribution in [0, 0.1) is 0 Å². The first-order valence-electron chi connectivity index (χ1n) is 5.30. The average Bonchev–Trinajstić information content (AvgIpc) is 2.74. The standard InChI is InChI=1S/C11H12N4O2S/c1-2-7-5(8-4-18-11(13)15-8)3-6(9(12)16)10(17)14-7/h3-4H,2H2,1H3,(H2,12,16)(H2,13,15)(H,14,17). The van der Waals surface area contributed by atoms with Crippen molar-refractivity contribution in [3.8, 4) is 11.3 Å². The van der Waals surface area contributed by atoms with Gasteiger partial charge in [-0.1, -0.05) is 6.92 Å². The van der Waals surface area contributed by atoms with Gasteiger partial charge in [0.15, 0.2) is 5.13 Å². The van der Waals surface area contributed by atoms with Gasteiger partial charge in [-0.05, 0) is 12.5 Å². The monoisotopic (exact) mass is 264 g/mol. The second-order valence-electron chi connectivity index (χ2n) is 3.69. The number of hydrogen-bond acceptors (Lipinski definition) is 5. The molecule has 2 aromatic heterocycles. The number of primary amides is 1. The SMILES string of the molecule is CCc1[nH]c(=O)c(C(N)=O)cc1-c1csc(N)n1. The predicted octanol–water partition coefficient (Wildman–Crippen LogP) is 0.742. The molecule has 0 fully saturated rings. The zero-order valence-electron chi connectivity index (χ0n) is 9.69. The van der Waals surface area contributed by atoms with Crippen LogP contribution in [0.25, 0.3) is 11.3 Å². The molecular weight excluding hydrogens is 252 g/mol. The summed E-state index contributed by atoms with van der Waals surface area (Å²) in [5.74, 6) is -0.761. The van der Waals surface area contributed by atoms with E-state index in [4.69, 9.17) is 11.5 Å². The van der Waals surface area contributed by atoms with Crippen molar-refractivity contribution in [3.05, 3.63) is 33.1 Å². The van der Waals surface area contributed by atoms with Gasteiger partial charge in [0.2, 0.25) is 0 Å². The molecule has 0 unspecified atom stereocenters. The lowest BCUT2D eigenvalue weighted by molar-refractivity contribution is 0.0999. The van der Waals surface area contributed by atoms with E-state index in [0.29, 0.717) is 28.5 Å². The van der Waals surface area contributed by atoms with Gasteiger partial charge in [0.05, 0.1) is 5.69 Å². The molecule has 7 heteroatoms. The lowest BCUT2D eigenvalue weighted by Crippen LogP contribution is -2.24. The Balaban J connectivity index is 2.68. The number of pyridine rings is 1. The highest BCUT2D eigenvalue weighted by molar-refractivity contribution is 7.13. The number of amides is 1. The van der Waals surface area contributed by atoms with Crippen LogP contribution in [0.2, 0.25) is 0 Å². The quantitative estimate of drug-likeness (QED) is 0.758. The zero-order valence-corrected chi connectivity index (χ0v) is 10.5. The molecule has 0 saturated heterocycles. The number of aryl methyl sites for hydroxylation is 1. The molecule has 0 saturated carbocycles. The van der Waals surface area contributed by atoms with Gasteiger partial charge in [0.25, 0.3) is 11.5 Å². The minimum absolute atomic E-state index is 0.0752. The van der Waals surface area contributed by atoms with E-state index in [9.17, 15) is 9.59 Å². The van der Waals surface area contributed by atoms with E-state index in [1.54, 1.807) is 5.38 Å². The van der Waals surface area contributed by atoms with Crippen LogP contribution in [0.3, 0.4) is 0 Å². The molecule has 2 aromatic rings. The molecule has 2 heterocycles. The fourth-order valence-corrected chi connectivity index (χ4v) is 2.23. The highest BCUT2D eigenvalue weighted by Gasteiger charge is 2.14. The third-order valence-corrected chi connectivity index (χ3v) is 3.21. The van der Waals surface area contributed by atoms with Crippen molar-refractivity contribution in [2.24, 2.45) is 5.73 Å². The lowest BCUT2D eigenvalue weighted by atomic mass is 10.1. The maximum atomic E-state index is 11.6. The number of nitrogens with two attached hydrogens (primary N) is 2. The number of thiazole rings is 1. The zero-order chi connectivity index (χ0) is 13.3. The molecule has 18 heavy (non-hydrogen) atoms. The number of aromatic amines is 1. The van der Waals surface area contributed by atoms with Gasteiger partial charge in [-0.25, -0.2) is 4.98 Å². The first-order valence-corrected chi connectivity index (χ1v) is 6.18. The highest BCUT2D eigenvalue weighted by atomic mass is 32.1. The van der Waals surface area contributed by atoms with E-state index >= 15 is 0 Å². The predicted molar refractivity (Wildman–Crippen MR) is 70.5 cm³/mol. The van der Waals surface area contributed by atoms with Crippen LogP contribution >= 0.6 is 11.3 Å². The minimum atomic E-state index is -0.761. The molecule has 0 aliphatic carbocycles. The van der Waals surface area contributed by atoms with Crippen LogP contribution in [0.1, 0.15) is 23.0 Å². The topological polar surface area (TPSA) is 115 Å². The molecule has 0 aromatic carbocycles. The molecule has 2 rings (SSSR count). The number of hydrogen-bond donors (Lipinski definition) is 3. The molecule has 5 N–H and O–H groups in total. The molecule has 6 nitrogen and oxygen atoms in total. The molecule has 0 aliphatic heterocycles. The molecule has 0 bridgehead atoms. The van der Waals surface area contributed by atoms with Crippen molar-refractivity contribution in [2.45, 2.75) is 13.3 Å². The summed E-state index contributed by atoms with van der Waals surface area (Å²) in [6.07, 6.45) is 0.612. The van der Waals surface area contributed by atoms with Crippen LogP contribution in [0.4, 0.5) is 5.13 Å². The van der Waals surface area contributed by atoms with E-state index in [0.717, 1.165) is 0 Å². The Morgan fingerprint density at radius 3 is 2.78 bits per heavy atom. The van der Waals surface area contributed by atoms with Crippen molar-refractivity contribution >= 4 is 22.4 Å². The number of carbonyl (C=O) groups is 1. The number of aromatic nitrogens is 2. The summed E-state index contributed by atoms with van der Waals surface area (Å²) in [4.78, 5) is 29.6. The first kappa shape index (κ1) is 12.3. The summed E-state index contributed by atoms with van der Waals surface area (Å²) in [7, 11) is 0. The van der Waals surface area contributed by atoms with Crippen molar-refractivity contribution in [2.75, 3.05) is 5.73 Å². The van der Waals surface area contributed by atoms with Crippen LogP contribution in [-0.2, 0) is 6.42 Å². The van der Waals surface area contributed by atoms with Crippen LogP contribution in [0.15, 0.2) is 16.2 Å². The number of nitrogen functional groups attached to an aromatic ring is 1. The molecule has 1 amide bonds. The van der Waals surface area contributed by atoms with Gasteiger partial charge in [-0.15, -0.1) is 11.3 Å². The Morgan fingerprint density at radius 2 is 2.28 bits per heavy atom. The molecule has 0 spiro atoms. The van der Waals surface area contributed by atoms with Gasteiger partial charge in [-0.2, -0.15) is 0 Å². The van der Waals surface area contributed by atoms with E-state index in [1.165, 1.54) is 17.4 Å². The second-order valence-corrected chi connectivity index (χ2v) is 4.58. The Kier molecular flexibility index (Phi) is 3.15. The van der Waals surface area contributed by atoms with Crippen LogP contribution < -0.4 is 17.0 Å². The largest absolute Gasteiger partial charge is 0.375 e. The van der Waals surface area contributed by atoms with Gasteiger partial charge in [0.1, 0.15) is 5.56 Å². The summed E-state index contributed by atoms with van der Waals surface area (Å²) >= 11 is 1.30. The van der Waals surface area contributed by atoms with Crippen molar-refractivity contribution in [3.63, 3.8) is 0 Å². The fourth-order valence-electron chi connectivity index (χ4n) is 1.67. The van der Waals surface area contributed by atoms with E-state index in [2.05, 4.69) is 9.97 Å².